The zero-order valence-electron chi connectivity index (χ0n) is 10.1. The molecule has 2 N–H and O–H groups in total. The summed E-state index contributed by atoms with van der Waals surface area (Å²) in [6.45, 7) is -2.97. The molecule has 0 aliphatic rings. The van der Waals surface area contributed by atoms with Crippen molar-refractivity contribution in [2.24, 2.45) is 0 Å². The van der Waals surface area contributed by atoms with E-state index in [0.29, 0.717) is 0 Å². The van der Waals surface area contributed by atoms with Crippen LogP contribution in [0.1, 0.15) is 20.7 Å². The smallest absolute Gasteiger partial charge is 0.387 e. The predicted molar refractivity (Wildman–Crippen MR) is 72.6 cm³/mol. The van der Waals surface area contributed by atoms with Gasteiger partial charge in [0.25, 0.3) is 5.91 Å². The molecular weight excluding hydrogens is 308 g/mol. The van der Waals surface area contributed by atoms with E-state index in [1.165, 1.54) is 22.8 Å². The summed E-state index contributed by atoms with van der Waals surface area (Å²) in [4.78, 5) is 12.6. The largest absolute Gasteiger partial charge is 0.433 e. The Hall–Kier alpha value is -1.51. The molecule has 8 heteroatoms. The third kappa shape index (κ3) is 3.75. The molecule has 0 unspecified atom stereocenters. The van der Waals surface area contributed by atoms with E-state index in [1.54, 1.807) is 12.1 Å². The van der Waals surface area contributed by atoms with Gasteiger partial charge in [-0.2, -0.15) is 8.78 Å². The van der Waals surface area contributed by atoms with Gasteiger partial charge >= 0.3 is 6.61 Å². The van der Waals surface area contributed by atoms with E-state index in [9.17, 15) is 18.7 Å². The maximum Gasteiger partial charge on any atom is 0.387 e. The number of hydrogen-bond donors (Lipinski definition) is 2. The Kier molecular flexibility index (Phi) is 5.05. The lowest BCUT2D eigenvalue weighted by Gasteiger charge is -2.10. The van der Waals surface area contributed by atoms with Gasteiger partial charge in [0.2, 0.25) is 0 Å². The standard InChI is InChI=1S/C12H11F2NO3S2/c13-12(14)18-8-3-5-20-10(8)11(17)15-6-7(16)9-2-1-4-19-9/h1-5,7,12,16H,6H2,(H,15,17)/t7-/m1/s1. The molecule has 20 heavy (non-hydrogen) atoms. The van der Waals surface area contributed by atoms with Crippen molar-refractivity contribution >= 4 is 28.6 Å². The molecule has 2 aromatic rings. The number of alkyl halides is 2. The van der Waals surface area contributed by atoms with Gasteiger partial charge in [0, 0.05) is 11.4 Å². The first-order chi connectivity index (χ1) is 9.58. The predicted octanol–water partition coefficient (Wildman–Crippen LogP) is 2.87. The van der Waals surface area contributed by atoms with Gasteiger partial charge in [0.05, 0.1) is 0 Å². The van der Waals surface area contributed by atoms with Crippen molar-refractivity contribution in [3.63, 3.8) is 0 Å². The summed E-state index contributed by atoms with van der Waals surface area (Å²) in [5.74, 6) is -0.709. The van der Waals surface area contributed by atoms with Crippen LogP contribution in [0.25, 0.3) is 0 Å². The lowest BCUT2D eigenvalue weighted by Crippen LogP contribution is -2.27. The lowest BCUT2D eigenvalue weighted by molar-refractivity contribution is -0.0498. The van der Waals surface area contributed by atoms with Gasteiger partial charge in [-0.25, -0.2) is 0 Å². The van der Waals surface area contributed by atoms with Gasteiger partial charge in [0.15, 0.2) is 0 Å². The number of carbonyl (C=O) groups excluding carboxylic acids is 1. The molecule has 0 aliphatic carbocycles. The monoisotopic (exact) mass is 319 g/mol. The lowest BCUT2D eigenvalue weighted by atomic mass is 10.3. The first-order valence-electron chi connectivity index (χ1n) is 5.60. The van der Waals surface area contributed by atoms with Crippen LogP contribution in [0.2, 0.25) is 0 Å². The van der Waals surface area contributed by atoms with Gasteiger partial charge in [-0.05, 0) is 22.9 Å². The summed E-state index contributed by atoms with van der Waals surface area (Å²) in [6, 6.07) is 4.85. The molecule has 2 heterocycles. The number of amides is 1. The zero-order valence-corrected chi connectivity index (χ0v) is 11.7. The molecule has 0 saturated carbocycles. The van der Waals surface area contributed by atoms with E-state index >= 15 is 0 Å². The average molecular weight is 319 g/mol. The van der Waals surface area contributed by atoms with Gasteiger partial charge in [-0.15, -0.1) is 22.7 Å². The second-order valence-corrected chi connectivity index (χ2v) is 5.63. The van der Waals surface area contributed by atoms with Crippen LogP contribution in [0.4, 0.5) is 8.78 Å². The second-order valence-electron chi connectivity index (χ2n) is 3.73. The summed E-state index contributed by atoms with van der Waals surface area (Å²) in [6.07, 6.45) is -0.821. The average Bonchev–Trinajstić information content (AvgIpc) is 3.05. The van der Waals surface area contributed by atoms with E-state index < -0.39 is 18.6 Å². The van der Waals surface area contributed by atoms with Crippen LogP contribution in [0.5, 0.6) is 5.75 Å². The number of ether oxygens (including phenoxy) is 1. The minimum Gasteiger partial charge on any atom is -0.433 e. The summed E-state index contributed by atoms with van der Waals surface area (Å²) < 4.78 is 28.5. The Labute approximate surface area is 121 Å². The summed E-state index contributed by atoms with van der Waals surface area (Å²) >= 11 is 2.37. The van der Waals surface area contributed by atoms with E-state index in [2.05, 4.69) is 10.1 Å². The van der Waals surface area contributed by atoms with Gasteiger partial charge < -0.3 is 15.2 Å². The van der Waals surface area contributed by atoms with Crippen LogP contribution in [-0.2, 0) is 0 Å². The molecule has 0 fully saturated rings. The number of aliphatic hydroxyl groups excluding tert-OH is 1. The van der Waals surface area contributed by atoms with E-state index in [0.717, 1.165) is 16.2 Å². The molecular formula is C12H11F2NO3S2. The van der Waals surface area contributed by atoms with Crippen LogP contribution in [0.3, 0.4) is 0 Å². The molecule has 0 spiro atoms. The normalized spacial score (nSPS) is 12.4. The number of carbonyl (C=O) groups is 1. The first-order valence-corrected chi connectivity index (χ1v) is 7.36. The first kappa shape index (κ1) is 14.9. The summed E-state index contributed by atoms with van der Waals surface area (Å²) in [7, 11) is 0. The molecule has 0 aliphatic heterocycles. The maximum atomic E-state index is 12.2. The summed E-state index contributed by atoms with van der Waals surface area (Å²) in [5.41, 5.74) is 0. The molecule has 108 valence electrons. The molecule has 1 amide bonds. The van der Waals surface area contributed by atoms with Crippen molar-refractivity contribution in [1.82, 2.24) is 5.32 Å². The highest BCUT2D eigenvalue weighted by Crippen LogP contribution is 2.26. The van der Waals surface area contributed by atoms with Crippen LogP contribution < -0.4 is 10.1 Å². The molecule has 0 bridgehead atoms. The SMILES string of the molecule is O=C(NC[C@@H](O)c1cccs1)c1sccc1OC(F)F. The molecule has 1 atom stereocenters. The minimum atomic E-state index is -2.98. The van der Waals surface area contributed by atoms with Crippen molar-refractivity contribution in [2.45, 2.75) is 12.7 Å². The zero-order chi connectivity index (χ0) is 14.5. The third-order valence-corrected chi connectivity index (χ3v) is 4.25. The van der Waals surface area contributed by atoms with Crippen LogP contribution in [-0.4, -0.2) is 24.2 Å². The topological polar surface area (TPSA) is 58.6 Å². The van der Waals surface area contributed by atoms with Crippen LogP contribution in [0.15, 0.2) is 29.0 Å². The van der Waals surface area contributed by atoms with E-state index in [-0.39, 0.29) is 17.2 Å². The number of nitrogens with one attached hydrogen (secondary N) is 1. The minimum absolute atomic E-state index is 0.00532. The molecule has 2 rings (SSSR count). The van der Waals surface area contributed by atoms with Crippen LogP contribution in [0, 0.1) is 0 Å². The van der Waals surface area contributed by atoms with Gasteiger partial charge in [-0.3, -0.25) is 4.79 Å². The van der Waals surface area contributed by atoms with Crippen molar-refractivity contribution in [3.8, 4) is 5.75 Å². The van der Waals surface area contributed by atoms with Crippen molar-refractivity contribution in [3.05, 3.63) is 38.7 Å². The number of aliphatic hydroxyl groups is 1. The second kappa shape index (κ2) is 6.78. The third-order valence-electron chi connectivity index (χ3n) is 2.38. The highest BCUT2D eigenvalue weighted by Gasteiger charge is 2.18. The fourth-order valence-corrected chi connectivity index (χ4v) is 2.95. The van der Waals surface area contributed by atoms with Gasteiger partial charge in [0.1, 0.15) is 16.7 Å². The van der Waals surface area contributed by atoms with Crippen molar-refractivity contribution in [2.75, 3.05) is 6.54 Å². The molecule has 0 radical (unpaired) electrons. The van der Waals surface area contributed by atoms with E-state index in [1.807, 2.05) is 5.38 Å². The number of thiophene rings is 2. The Morgan fingerprint density at radius 1 is 1.35 bits per heavy atom. The molecule has 0 aromatic carbocycles. The Balaban J connectivity index is 1.93. The van der Waals surface area contributed by atoms with E-state index in [4.69, 9.17) is 0 Å². The quantitative estimate of drug-likeness (QED) is 0.861. The van der Waals surface area contributed by atoms with Crippen molar-refractivity contribution in [1.29, 1.82) is 0 Å². The Morgan fingerprint density at radius 2 is 2.15 bits per heavy atom. The van der Waals surface area contributed by atoms with Gasteiger partial charge in [-0.1, -0.05) is 6.07 Å². The van der Waals surface area contributed by atoms with Crippen LogP contribution >= 0.6 is 22.7 Å². The Morgan fingerprint density at radius 3 is 2.80 bits per heavy atom. The number of rotatable bonds is 6. The molecule has 0 saturated heterocycles. The highest BCUT2D eigenvalue weighted by molar-refractivity contribution is 7.12. The summed E-state index contributed by atoms with van der Waals surface area (Å²) in [5, 5.41) is 15.6. The molecule has 2 aromatic heterocycles. The fourth-order valence-electron chi connectivity index (χ4n) is 1.50. The number of halogens is 2. The molecule has 4 nitrogen and oxygen atoms in total. The number of hydrogen-bond acceptors (Lipinski definition) is 5. The Bertz CT molecular complexity index is 557. The van der Waals surface area contributed by atoms with Crippen molar-refractivity contribution < 1.29 is 23.4 Å². The maximum absolute atomic E-state index is 12.2. The fraction of sp³-hybridized carbons (Fsp3) is 0.250. The highest BCUT2D eigenvalue weighted by atomic mass is 32.1.